The number of furan rings is 2. The fourth-order valence-electron chi connectivity index (χ4n) is 6.82. The van der Waals surface area contributed by atoms with Crippen LogP contribution in [0.15, 0.2) is 160 Å². The van der Waals surface area contributed by atoms with Crippen molar-refractivity contribution in [1.82, 2.24) is 15.0 Å². The second-order valence-electron chi connectivity index (χ2n) is 12.0. The van der Waals surface area contributed by atoms with E-state index in [9.17, 15) is 0 Å². The number of benzene rings is 7. The van der Waals surface area contributed by atoms with E-state index in [-0.39, 0.29) is 0 Å². The first-order valence-electron chi connectivity index (χ1n) is 15.9. The van der Waals surface area contributed by atoms with E-state index in [1.165, 1.54) is 0 Å². The standard InChI is InChI=1S/C43H25N3O2/c1-2-11-27(12-3-1)41-44-42(46-43(45-41)36-18-8-13-26-10-4-5-14-30(26)36)29-21-23-34-33-22-20-28(24-38(33)47-39(34)25-29)31-16-9-17-35-32-15-6-7-19-37(32)48-40(31)35/h1-25H. The second kappa shape index (κ2) is 10.5. The van der Waals surface area contributed by atoms with Crippen molar-refractivity contribution in [3.63, 3.8) is 0 Å². The van der Waals surface area contributed by atoms with Gasteiger partial charge in [0.1, 0.15) is 22.3 Å². The molecule has 0 aliphatic carbocycles. The molecule has 0 amide bonds. The van der Waals surface area contributed by atoms with Gasteiger partial charge in [-0.2, -0.15) is 0 Å². The zero-order valence-electron chi connectivity index (χ0n) is 25.6. The summed E-state index contributed by atoms with van der Waals surface area (Å²) in [5.74, 6) is 1.84. The van der Waals surface area contributed by atoms with Gasteiger partial charge >= 0.3 is 0 Å². The van der Waals surface area contributed by atoms with Crippen LogP contribution in [0.3, 0.4) is 0 Å². The van der Waals surface area contributed by atoms with E-state index in [0.29, 0.717) is 17.5 Å². The molecule has 0 atom stereocenters. The van der Waals surface area contributed by atoms with Crippen molar-refractivity contribution in [3.05, 3.63) is 152 Å². The van der Waals surface area contributed by atoms with E-state index >= 15 is 0 Å². The van der Waals surface area contributed by atoms with Crippen LogP contribution >= 0.6 is 0 Å². The molecule has 0 unspecified atom stereocenters. The highest BCUT2D eigenvalue weighted by molar-refractivity contribution is 6.11. The van der Waals surface area contributed by atoms with Gasteiger partial charge in [-0.25, -0.2) is 15.0 Å². The highest BCUT2D eigenvalue weighted by atomic mass is 16.3. The van der Waals surface area contributed by atoms with E-state index in [1.807, 2.05) is 72.8 Å². The lowest BCUT2D eigenvalue weighted by molar-refractivity contribution is 0.668. The Hall–Kier alpha value is -6.59. The Morgan fingerprint density at radius 1 is 0.333 bits per heavy atom. The van der Waals surface area contributed by atoms with E-state index < -0.39 is 0 Å². The molecule has 224 valence electrons. The number of fused-ring (bicyclic) bond motifs is 7. The van der Waals surface area contributed by atoms with Gasteiger partial charge in [0.05, 0.1) is 0 Å². The van der Waals surface area contributed by atoms with Crippen molar-refractivity contribution in [2.45, 2.75) is 0 Å². The highest BCUT2D eigenvalue weighted by Crippen LogP contribution is 2.39. The third kappa shape index (κ3) is 4.22. The summed E-state index contributed by atoms with van der Waals surface area (Å²) < 4.78 is 12.9. The van der Waals surface area contributed by atoms with Crippen LogP contribution in [-0.2, 0) is 0 Å². The Balaban J connectivity index is 1.12. The average molecular weight is 616 g/mol. The quantitative estimate of drug-likeness (QED) is 0.197. The van der Waals surface area contributed by atoms with E-state index in [2.05, 4.69) is 78.9 Å². The van der Waals surface area contributed by atoms with Gasteiger partial charge in [-0.3, -0.25) is 0 Å². The fourth-order valence-corrected chi connectivity index (χ4v) is 6.82. The van der Waals surface area contributed by atoms with Crippen molar-refractivity contribution < 1.29 is 8.83 Å². The minimum atomic E-state index is 0.589. The van der Waals surface area contributed by atoms with Crippen molar-refractivity contribution in [2.24, 2.45) is 0 Å². The first-order chi connectivity index (χ1) is 23.8. The van der Waals surface area contributed by atoms with E-state index in [4.69, 9.17) is 23.8 Å². The van der Waals surface area contributed by atoms with Crippen LogP contribution in [0.2, 0.25) is 0 Å². The third-order valence-electron chi connectivity index (χ3n) is 9.14. The second-order valence-corrected chi connectivity index (χ2v) is 12.0. The zero-order chi connectivity index (χ0) is 31.6. The lowest BCUT2D eigenvalue weighted by Crippen LogP contribution is -2.00. The normalized spacial score (nSPS) is 11.8. The summed E-state index contributed by atoms with van der Waals surface area (Å²) in [5.41, 5.74) is 8.17. The van der Waals surface area contributed by atoms with Crippen LogP contribution in [0.5, 0.6) is 0 Å². The molecule has 10 rings (SSSR count). The van der Waals surface area contributed by atoms with Crippen LogP contribution < -0.4 is 0 Å². The average Bonchev–Trinajstić information content (AvgIpc) is 3.72. The minimum Gasteiger partial charge on any atom is -0.456 e. The maximum atomic E-state index is 6.53. The van der Waals surface area contributed by atoms with Gasteiger partial charge in [-0.1, -0.05) is 121 Å². The predicted octanol–water partition coefficient (Wildman–Crippen LogP) is 11.5. The van der Waals surface area contributed by atoms with Crippen LogP contribution in [0, 0.1) is 0 Å². The Labute approximate surface area is 274 Å². The van der Waals surface area contributed by atoms with Gasteiger partial charge in [-0.05, 0) is 46.7 Å². The lowest BCUT2D eigenvalue weighted by atomic mass is 10.0. The van der Waals surface area contributed by atoms with Gasteiger partial charge in [0, 0.05) is 43.8 Å². The minimum absolute atomic E-state index is 0.589. The largest absolute Gasteiger partial charge is 0.456 e. The van der Waals surface area contributed by atoms with Crippen molar-refractivity contribution >= 4 is 54.6 Å². The molecule has 3 heterocycles. The third-order valence-corrected chi connectivity index (χ3v) is 9.14. The Morgan fingerprint density at radius 2 is 0.917 bits per heavy atom. The summed E-state index contributed by atoms with van der Waals surface area (Å²) in [6.07, 6.45) is 0. The molecular formula is C43H25N3O2. The Kier molecular flexibility index (Phi) is 5.81. The van der Waals surface area contributed by atoms with Crippen molar-refractivity contribution in [3.8, 4) is 45.3 Å². The molecule has 48 heavy (non-hydrogen) atoms. The molecule has 0 aliphatic rings. The number of para-hydroxylation sites is 2. The number of nitrogens with zero attached hydrogens (tertiary/aromatic N) is 3. The molecule has 0 fully saturated rings. The summed E-state index contributed by atoms with van der Waals surface area (Å²) in [6.45, 7) is 0. The molecule has 0 spiro atoms. The molecule has 5 heteroatoms. The highest BCUT2D eigenvalue weighted by Gasteiger charge is 2.17. The summed E-state index contributed by atoms with van der Waals surface area (Å²) in [4.78, 5) is 15.0. The van der Waals surface area contributed by atoms with E-state index in [0.717, 1.165) is 82.5 Å². The van der Waals surface area contributed by atoms with Gasteiger partial charge in [0.15, 0.2) is 17.5 Å². The van der Waals surface area contributed by atoms with Gasteiger partial charge in [-0.15, -0.1) is 0 Å². The predicted molar refractivity (Wildman–Crippen MR) is 194 cm³/mol. The molecule has 3 aromatic heterocycles. The SMILES string of the molecule is c1ccc(-c2nc(-c3ccc4c(c3)oc3cc(-c5cccc6c5oc5ccccc56)ccc34)nc(-c3cccc4ccccc34)n2)cc1. The first-order valence-corrected chi connectivity index (χ1v) is 15.9. The van der Waals surface area contributed by atoms with Gasteiger partial charge in [0.2, 0.25) is 0 Å². The summed E-state index contributed by atoms with van der Waals surface area (Å²) >= 11 is 0. The molecule has 0 radical (unpaired) electrons. The zero-order valence-corrected chi connectivity index (χ0v) is 25.6. The molecule has 0 N–H and O–H groups in total. The summed E-state index contributed by atoms with van der Waals surface area (Å²) in [7, 11) is 0. The Morgan fingerprint density at radius 3 is 1.77 bits per heavy atom. The molecule has 0 saturated heterocycles. The molecule has 5 nitrogen and oxygen atoms in total. The van der Waals surface area contributed by atoms with Crippen molar-refractivity contribution in [2.75, 3.05) is 0 Å². The van der Waals surface area contributed by atoms with E-state index in [1.54, 1.807) is 0 Å². The molecule has 0 bridgehead atoms. The first kappa shape index (κ1) is 26.6. The van der Waals surface area contributed by atoms with Crippen molar-refractivity contribution in [1.29, 1.82) is 0 Å². The smallest absolute Gasteiger partial charge is 0.164 e. The maximum absolute atomic E-state index is 6.53. The van der Waals surface area contributed by atoms with Crippen LogP contribution in [0.25, 0.3) is 99.9 Å². The summed E-state index contributed by atoms with van der Waals surface area (Å²) in [6, 6.07) is 51.6. The van der Waals surface area contributed by atoms with Gasteiger partial charge < -0.3 is 8.83 Å². The molecule has 10 aromatic rings. The fraction of sp³-hybridized carbons (Fsp3) is 0. The molecule has 0 saturated carbocycles. The van der Waals surface area contributed by atoms with Gasteiger partial charge in [0.25, 0.3) is 0 Å². The lowest BCUT2D eigenvalue weighted by Gasteiger charge is -2.10. The van der Waals surface area contributed by atoms with Crippen LogP contribution in [-0.4, -0.2) is 15.0 Å². The maximum Gasteiger partial charge on any atom is 0.164 e. The molecule has 7 aromatic carbocycles. The monoisotopic (exact) mass is 615 g/mol. The summed E-state index contributed by atoms with van der Waals surface area (Å²) in [5, 5.41) is 6.54. The number of aromatic nitrogens is 3. The van der Waals surface area contributed by atoms with Crippen LogP contribution in [0.1, 0.15) is 0 Å². The number of rotatable bonds is 4. The molecule has 0 aliphatic heterocycles. The number of hydrogen-bond donors (Lipinski definition) is 0. The molecular weight excluding hydrogens is 590 g/mol. The van der Waals surface area contributed by atoms with Crippen LogP contribution in [0.4, 0.5) is 0 Å². The Bertz CT molecular complexity index is 2840. The topological polar surface area (TPSA) is 65.0 Å². The number of hydrogen-bond acceptors (Lipinski definition) is 5.